The number of benzene rings is 2. The van der Waals surface area contributed by atoms with Crippen molar-refractivity contribution in [3.05, 3.63) is 58.8 Å². The first-order chi connectivity index (χ1) is 15.3. The molecule has 2 aromatic carbocycles. The van der Waals surface area contributed by atoms with Crippen LogP contribution in [0.4, 0.5) is 11.4 Å². The number of aryl methyl sites for hydroxylation is 2. The van der Waals surface area contributed by atoms with Gasteiger partial charge in [0, 0.05) is 31.1 Å². The second kappa shape index (κ2) is 10.8. The van der Waals surface area contributed by atoms with Crippen molar-refractivity contribution in [1.29, 1.82) is 0 Å². The number of nitrogens with one attached hydrogen (secondary N) is 2. The second-order valence-corrected chi connectivity index (χ2v) is 13.0. The normalized spacial score (nSPS) is 12.4. The highest BCUT2D eigenvalue weighted by atomic mass is 32.7. The number of para-hydroxylation sites is 1. The Bertz CT molecular complexity index is 1110. The lowest BCUT2D eigenvalue weighted by molar-refractivity contribution is 0.101. The molecule has 0 saturated heterocycles. The first kappa shape index (κ1) is 24.7. The molecule has 0 radical (unpaired) electrons. The van der Waals surface area contributed by atoms with E-state index in [-0.39, 0.29) is 13.2 Å². The Morgan fingerprint density at radius 3 is 2.47 bits per heavy atom. The van der Waals surface area contributed by atoms with E-state index < -0.39 is 0 Å². The standard InChI is InChI=1S/C26H36N3OPS/c1-8-19-11-10-12-20-16-24(29(5)25(19)20)26(30)27-22-14-18(13-17(3)4)15-23(21(22)9-2)28-31(6)32-7/h10-12,14-17,28H,8-9,13H2,1-7H3,(H,27,30). The van der Waals surface area contributed by atoms with E-state index in [2.05, 4.69) is 81.4 Å². The van der Waals surface area contributed by atoms with Gasteiger partial charge >= 0.3 is 0 Å². The van der Waals surface area contributed by atoms with Crippen molar-refractivity contribution in [2.45, 2.75) is 47.0 Å². The molecule has 0 saturated carbocycles. The van der Waals surface area contributed by atoms with E-state index in [0.717, 1.165) is 41.5 Å². The van der Waals surface area contributed by atoms with Crippen molar-refractivity contribution in [3.8, 4) is 0 Å². The fourth-order valence-corrected chi connectivity index (χ4v) is 5.52. The smallest absolute Gasteiger partial charge is 0.272 e. The monoisotopic (exact) mass is 469 g/mol. The van der Waals surface area contributed by atoms with E-state index in [1.165, 1.54) is 16.7 Å². The van der Waals surface area contributed by atoms with Crippen LogP contribution in [-0.2, 0) is 26.3 Å². The van der Waals surface area contributed by atoms with Crippen LogP contribution in [0.15, 0.2) is 36.4 Å². The van der Waals surface area contributed by atoms with Gasteiger partial charge < -0.3 is 15.0 Å². The van der Waals surface area contributed by atoms with Gasteiger partial charge in [0.1, 0.15) is 5.69 Å². The van der Waals surface area contributed by atoms with E-state index in [4.69, 9.17) is 0 Å². The molecule has 2 N–H and O–H groups in total. The number of amides is 1. The van der Waals surface area contributed by atoms with E-state index >= 15 is 0 Å². The molecule has 3 rings (SSSR count). The fraction of sp³-hybridized carbons (Fsp3) is 0.423. The third-order valence-electron chi connectivity index (χ3n) is 5.86. The van der Waals surface area contributed by atoms with Gasteiger partial charge in [0.05, 0.1) is 5.52 Å². The summed E-state index contributed by atoms with van der Waals surface area (Å²) >= 11 is 1.85. The summed E-state index contributed by atoms with van der Waals surface area (Å²) < 4.78 is 2.03. The minimum absolute atomic E-state index is 0.0586. The van der Waals surface area contributed by atoms with Crippen LogP contribution in [0.5, 0.6) is 0 Å². The van der Waals surface area contributed by atoms with Crippen molar-refractivity contribution >= 4 is 46.8 Å². The molecule has 0 aliphatic rings. The van der Waals surface area contributed by atoms with Gasteiger partial charge in [-0.3, -0.25) is 4.79 Å². The van der Waals surface area contributed by atoms with E-state index in [1.807, 2.05) is 29.1 Å². The topological polar surface area (TPSA) is 46.1 Å². The molecule has 6 heteroatoms. The minimum Gasteiger partial charge on any atom is -0.356 e. The SMILES string of the molecule is CCc1c(NC(=O)c2cc3cccc(CC)c3n2C)cc(CC(C)C)cc1NP(C)SC. The van der Waals surface area contributed by atoms with Crippen LogP contribution < -0.4 is 10.4 Å². The number of carbonyl (C=O) groups is 1. The summed E-state index contributed by atoms with van der Waals surface area (Å²) in [5, 5.41) is 8.07. The van der Waals surface area contributed by atoms with Crippen molar-refractivity contribution < 1.29 is 4.79 Å². The molecular formula is C26H36N3OPS. The van der Waals surface area contributed by atoms with Gasteiger partial charge in [-0.2, -0.15) is 0 Å². The number of hydrogen-bond acceptors (Lipinski definition) is 3. The van der Waals surface area contributed by atoms with Gasteiger partial charge in [-0.25, -0.2) is 0 Å². The zero-order valence-corrected chi connectivity index (χ0v) is 22.1. The summed E-state index contributed by atoms with van der Waals surface area (Å²) in [6.45, 7) is 11.0. The first-order valence-electron chi connectivity index (χ1n) is 11.4. The van der Waals surface area contributed by atoms with Gasteiger partial charge in [-0.15, -0.1) is 11.4 Å². The Morgan fingerprint density at radius 1 is 1.12 bits per heavy atom. The van der Waals surface area contributed by atoms with Crippen LogP contribution in [0.2, 0.25) is 0 Å². The average Bonchev–Trinajstić information content (AvgIpc) is 3.10. The third kappa shape index (κ3) is 5.32. The highest BCUT2D eigenvalue weighted by molar-refractivity contribution is 8.55. The predicted molar refractivity (Wildman–Crippen MR) is 145 cm³/mol. The molecule has 0 aliphatic heterocycles. The number of nitrogens with zero attached hydrogens (tertiary/aromatic N) is 1. The molecule has 0 fully saturated rings. The number of fused-ring (bicyclic) bond motifs is 1. The average molecular weight is 470 g/mol. The Hall–Kier alpha value is -1.97. The summed E-state index contributed by atoms with van der Waals surface area (Å²) in [6.07, 6.45) is 4.91. The van der Waals surface area contributed by atoms with Crippen molar-refractivity contribution in [1.82, 2.24) is 4.57 Å². The lowest BCUT2D eigenvalue weighted by Crippen LogP contribution is -2.17. The Kier molecular flexibility index (Phi) is 8.30. The molecule has 1 unspecified atom stereocenters. The molecule has 172 valence electrons. The number of aromatic nitrogens is 1. The number of hydrogen-bond donors (Lipinski definition) is 2. The maximum atomic E-state index is 13.4. The Labute approximate surface area is 198 Å². The molecule has 1 atom stereocenters. The van der Waals surface area contributed by atoms with E-state index in [1.54, 1.807) is 0 Å². The lowest BCUT2D eigenvalue weighted by atomic mass is 9.98. The molecule has 1 amide bonds. The Balaban J connectivity index is 2.03. The van der Waals surface area contributed by atoms with Gasteiger partial charge in [-0.05, 0) is 73.0 Å². The molecule has 0 spiro atoms. The number of anilines is 2. The quantitative estimate of drug-likeness (QED) is 0.320. The largest absolute Gasteiger partial charge is 0.356 e. The van der Waals surface area contributed by atoms with Crippen molar-refractivity contribution in [2.75, 3.05) is 23.3 Å². The molecule has 3 aromatic rings. The summed E-state index contributed by atoms with van der Waals surface area (Å²) in [5.41, 5.74) is 7.58. The Morgan fingerprint density at radius 2 is 1.84 bits per heavy atom. The van der Waals surface area contributed by atoms with Crippen LogP contribution >= 0.6 is 18.7 Å². The highest BCUT2D eigenvalue weighted by Gasteiger charge is 2.19. The van der Waals surface area contributed by atoms with Crippen molar-refractivity contribution in [3.63, 3.8) is 0 Å². The molecular weight excluding hydrogens is 433 g/mol. The van der Waals surface area contributed by atoms with Crippen LogP contribution in [-0.4, -0.2) is 23.4 Å². The number of carbonyl (C=O) groups excluding carboxylic acids is 1. The molecule has 0 bridgehead atoms. The first-order valence-corrected chi connectivity index (χ1v) is 15.0. The van der Waals surface area contributed by atoms with E-state index in [9.17, 15) is 4.79 Å². The molecule has 4 nitrogen and oxygen atoms in total. The molecule has 1 aromatic heterocycles. The van der Waals surface area contributed by atoms with Gasteiger partial charge in [0.15, 0.2) is 0 Å². The van der Waals surface area contributed by atoms with Crippen LogP contribution in [0.25, 0.3) is 10.9 Å². The van der Waals surface area contributed by atoms with Gasteiger partial charge in [0.2, 0.25) is 0 Å². The molecule has 32 heavy (non-hydrogen) atoms. The summed E-state index contributed by atoms with van der Waals surface area (Å²) in [6, 6.07) is 12.7. The number of rotatable bonds is 9. The van der Waals surface area contributed by atoms with Crippen molar-refractivity contribution in [2.24, 2.45) is 13.0 Å². The van der Waals surface area contributed by atoms with Gasteiger partial charge in [-0.1, -0.05) is 45.9 Å². The minimum atomic E-state index is -0.361. The predicted octanol–water partition coefficient (Wildman–Crippen LogP) is 7.47. The second-order valence-electron chi connectivity index (χ2n) is 8.66. The summed E-state index contributed by atoms with van der Waals surface area (Å²) in [4.78, 5) is 13.4. The van der Waals surface area contributed by atoms with E-state index in [0.29, 0.717) is 11.6 Å². The highest BCUT2D eigenvalue weighted by Crippen LogP contribution is 2.45. The summed E-state index contributed by atoms with van der Waals surface area (Å²) in [5.74, 6) is 0.491. The summed E-state index contributed by atoms with van der Waals surface area (Å²) in [7, 11) is 1.63. The molecule has 1 heterocycles. The maximum Gasteiger partial charge on any atom is 0.272 e. The van der Waals surface area contributed by atoms with Crippen LogP contribution in [0.1, 0.15) is 54.9 Å². The zero-order valence-electron chi connectivity index (χ0n) is 20.4. The zero-order chi connectivity index (χ0) is 23.4. The third-order valence-corrected chi connectivity index (χ3v) is 8.88. The molecule has 0 aliphatic carbocycles. The van der Waals surface area contributed by atoms with Gasteiger partial charge in [0.25, 0.3) is 5.91 Å². The lowest BCUT2D eigenvalue weighted by Gasteiger charge is -2.21. The fourth-order valence-electron chi connectivity index (χ4n) is 4.32. The van der Waals surface area contributed by atoms with Crippen LogP contribution in [0, 0.1) is 5.92 Å². The van der Waals surface area contributed by atoms with Crippen LogP contribution in [0.3, 0.4) is 0 Å². The maximum absolute atomic E-state index is 13.4.